The van der Waals surface area contributed by atoms with Crippen LogP contribution in [0.3, 0.4) is 0 Å². The Balaban J connectivity index is 1.32. The quantitative estimate of drug-likeness (QED) is 0.536. The van der Waals surface area contributed by atoms with Gasteiger partial charge in [0.15, 0.2) is 0 Å². The number of carbonyl (C=O) groups excluding carboxylic acids is 1. The molecular weight excluding hydrogens is 372 g/mol. The van der Waals surface area contributed by atoms with Crippen LogP contribution in [0.1, 0.15) is 18.5 Å². The highest BCUT2D eigenvalue weighted by atomic mass is 16.5. The van der Waals surface area contributed by atoms with Gasteiger partial charge in [-0.1, -0.05) is 0 Å². The van der Waals surface area contributed by atoms with E-state index in [4.69, 9.17) is 4.74 Å². The number of ether oxygens (including phenoxy) is 1. The second-order valence-corrected chi connectivity index (χ2v) is 7.63. The third kappa shape index (κ3) is 3.22. The van der Waals surface area contributed by atoms with Crippen molar-refractivity contribution in [3.05, 3.63) is 36.3 Å². The molecule has 2 fully saturated rings. The number of rotatable bonds is 4. The van der Waals surface area contributed by atoms with Crippen molar-refractivity contribution >= 4 is 22.8 Å². The van der Waals surface area contributed by atoms with Crippen LogP contribution in [0.15, 0.2) is 30.6 Å². The number of aromatic nitrogens is 4. The lowest BCUT2D eigenvalue weighted by atomic mass is 9.85. The number of H-pyrrole nitrogens is 1. The van der Waals surface area contributed by atoms with E-state index in [1.807, 2.05) is 19.1 Å². The van der Waals surface area contributed by atoms with Crippen molar-refractivity contribution in [1.29, 1.82) is 0 Å². The number of anilines is 1. The molecule has 29 heavy (non-hydrogen) atoms. The fourth-order valence-corrected chi connectivity index (χ4v) is 4.40. The van der Waals surface area contributed by atoms with Gasteiger partial charge in [0.25, 0.3) is 0 Å². The highest BCUT2D eigenvalue weighted by Gasteiger charge is 2.49. The van der Waals surface area contributed by atoms with Gasteiger partial charge in [-0.25, -0.2) is 9.78 Å². The van der Waals surface area contributed by atoms with Crippen LogP contribution in [0.5, 0.6) is 0 Å². The molecule has 0 radical (unpaired) electrons. The lowest BCUT2D eigenvalue weighted by molar-refractivity contribution is 0.0791. The molecule has 9 heteroatoms. The number of hydrogen-bond donors (Lipinski definition) is 4. The molecular formula is C20H22N6O3. The monoisotopic (exact) mass is 394 g/mol. The Bertz CT molecular complexity index is 1070. The van der Waals surface area contributed by atoms with Gasteiger partial charge in [0.2, 0.25) is 0 Å². The van der Waals surface area contributed by atoms with Crippen molar-refractivity contribution in [3.63, 3.8) is 0 Å². The van der Waals surface area contributed by atoms with Crippen LogP contribution in [0.25, 0.3) is 22.2 Å². The topological polar surface area (TPSA) is 125 Å². The standard InChI is InChI=1S/C20H22N6O3/c1-10-6-11(4-5-21-10)18-12-8-22-17(7-14(12)25-26-18)23-20(28)24-19-13(9-27)15-2-3-16(19)29-15/h4-8,13,15-16,19,27H,2-3,9H2,1H3,(H,25,26)(H2,22,23,24,28)/t13-,15-,16+,19-/m1/s1. The van der Waals surface area contributed by atoms with Crippen LogP contribution in [-0.2, 0) is 4.74 Å². The van der Waals surface area contributed by atoms with E-state index in [2.05, 4.69) is 30.8 Å². The lowest BCUT2D eigenvalue weighted by Crippen LogP contribution is -2.49. The number of aliphatic hydroxyl groups excluding tert-OH is 1. The third-order valence-electron chi connectivity index (χ3n) is 5.79. The minimum absolute atomic E-state index is 0.00171. The number of aromatic amines is 1. The van der Waals surface area contributed by atoms with Gasteiger partial charge in [0.05, 0.1) is 30.4 Å². The van der Waals surface area contributed by atoms with Gasteiger partial charge >= 0.3 is 6.03 Å². The summed E-state index contributed by atoms with van der Waals surface area (Å²) in [6.45, 7) is 1.93. The van der Waals surface area contributed by atoms with E-state index < -0.39 is 0 Å². The van der Waals surface area contributed by atoms with E-state index in [1.54, 1.807) is 18.5 Å². The van der Waals surface area contributed by atoms with E-state index in [9.17, 15) is 9.90 Å². The Hall–Kier alpha value is -3.04. The molecule has 150 valence electrons. The predicted molar refractivity (Wildman–Crippen MR) is 106 cm³/mol. The first-order valence-corrected chi connectivity index (χ1v) is 9.73. The van der Waals surface area contributed by atoms with Crippen LogP contribution >= 0.6 is 0 Å². The van der Waals surface area contributed by atoms with Crippen molar-refractivity contribution < 1.29 is 14.6 Å². The molecule has 2 amide bonds. The summed E-state index contributed by atoms with van der Waals surface area (Å²) in [6, 6.07) is 5.07. The van der Waals surface area contributed by atoms with E-state index in [1.165, 1.54) is 0 Å². The van der Waals surface area contributed by atoms with E-state index in [0.29, 0.717) is 5.82 Å². The second kappa shape index (κ2) is 7.09. The largest absolute Gasteiger partial charge is 0.396 e. The first kappa shape index (κ1) is 18.0. The van der Waals surface area contributed by atoms with E-state index in [-0.39, 0.29) is 36.8 Å². The molecule has 0 spiro atoms. The van der Waals surface area contributed by atoms with Crippen LogP contribution in [0, 0.1) is 12.8 Å². The lowest BCUT2D eigenvalue weighted by Gasteiger charge is -2.27. The first-order chi connectivity index (χ1) is 14.1. The molecule has 2 saturated heterocycles. The van der Waals surface area contributed by atoms with Crippen molar-refractivity contribution in [3.8, 4) is 11.3 Å². The van der Waals surface area contributed by atoms with Crippen molar-refractivity contribution in [2.75, 3.05) is 11.9 Å². The third-order valence-corrected chi connectivity index (χ3v) is 5.79. The van der Waals surface area contributed by atoms with Crippen molar-refractivity contribution in [2.45, 2.75) is 38.0 Å². The molecule has 5 rings (SSSR count). The summed E-state index contributed by atoms with van der Waals surface area (Å²) in [6.07, 6.45) is 5.28. The number of hydrogen-bond acceptors (Lipinski definition) is 6. The average Bonchev–Trinajstić information content (AvgIpc) is 3.42. The summed E-state index contributed by atoms with van der Waals surface area (Å²) >= 11 is 0. The maximum absolute atomic E-state index is 12.5. The molecule has 4 atom stereocenters. The molecule has 0 saturated carbocycles. The molecule has 2 aliphatic heterocycles. The molecule has 3 aromatic rings. The van der Waals surface area contributed by atoms with Crippen LogP contribution in [-0.4, -0.2) is 56.2 Å². The minimum atomic E-state index is -0.360. The molecule has 0 aliphatic carbocycles. The highest BCUT2D eigenvalue weighted by molar-refractivity contribution is 5.95. The van der Waals surface area contributed by atoms with Crippen LogP contribution in [0.4, 0.5) is 10.6 Å². The zero-order chi connectivity index (χ0) is 20.0. The number of urea groups is 1. The normalized spacial score (nSPS) is 25.4. The van der Waals surface area contributed by atoms with Gasteiger partial charge in [-0.3, -0.25) is 15.4 Å². The number of carbonyl (C=O) groups is 1. The SMILES string of the molecule is Cc1cc(-c2n[nH]c3cc(NC(=O)N[C@@H]4[C@H](CO)[C@H]5CC[C@@H]4O5)ncc23)ccn1. The predicted octanol–water partition coefficient (Wildman–Crippen LogP) is 1.99. The summed E-state index contributed by atoms with van der Waals surface area (Å²) in [5, 5.41) is 23.6. The van der Waals surface area contributed by atoms with Crippen molar-refractivity contribution in [1.82, 2.24) is 25.5 Å². The zero-order valence-corrected chi connectivity index (χ0v) is 15.9. The second-order valence-electron chi connectivity index (χ2n) is 7.63. The van der Waals surface area contributed by atoms with E-state index >= 15 is 0 Å². The number of pyridine rings is 2. The van der Waals surface area contributed by atoms with Gasteiger partial charge in [-0.05, 0) is 31.9 Å². The number of nitrogens with one attached hydrogen (secondary N) is 3. The fourth-order valence-electron chi connectivity index (χ4n) is 4.40. The Morgan fingerprint density at radius 1 is 1.31 bits per heavy atom. The first-order valence-electron chi connectivity index (χ1n) is 9.73. The molecule has 5 heterocycles. The number of nitrogens with zero attached hydrogens (tertiary/aromatic N) is 3. The maximum atomic E-state index is 12.5. The van der Waals surface area contributed by atoms with Gasteiger partial charge in [-0.15, -0.1) is 0 Å². The Kier molecular flexibility index (Phi) is 4.40. The highest BCUT2D eigenvalue weighted by Crippen LogP contribution is 2.38. The number of fused-ring (bicyclic) bond motifs is 3. The van der Waals surface area contributed by atoms with Crippen LogP contribution in [0.2, 0.25) is 0 Å². The van der Waals surface area contributed by atoms with E-state index in [0.717, 1.165) is 40.7 Å². The molecule has 0 unspecified atom stereocenters. The molecule has 0 aromatic carbocycles. The molecule has 3 aromatic heterocycles. The molecule has 2 bridgehead atoms. The molecule has 4 N–H and O–H groups in total. The van der Waals surface area contributed by atoms with Gasteiger partial charge in [0.1, 0.15) is 11.5 Å². The molecule has 2 aliphatic rings. The van der Waals surface area contributed by atoms with Gasteiger partial charge < -0.3 is 15.2 Å². The summed E-state index contributed by atoms with van der Waals surface area (Å²) in [5.74, 6) is 0.356. The number of aryl methyl sites for hydroxylation is 1. The maximum Gasteiger partial charge on any atom is 0.320 e. The summed E-state index contributed by atoms with van der Waals surface area (Å²) < 4.78 is 5.81. The van der Waals surface area contributed by atoms with Gasteiger partial charge in [-0.2, -0.15) is 5.10 Å². The number of aliphatic hydroxyl groups is 1. The Morgan fingerprint density at radius 2 is 2.17 bits per heavy atom. The minimum Gasteiger partial charge on any atom is -0.396 e. The zero-order valence-electron chi connectivity index (χ0n) is 15.9. The summed E-state index contributed by atoms with van der Waals surface area (Å²) in [5.41, 5.74) is 3.43. The van der Waals surface area contributed by atoms with Gasteiger partial charge in [0, 0.05) is 41.0 Å². The fraction of sp³-hybridized carbons (Fsp3) is 0.400. The summed E-state index contributed by atoms with van der Waals surface area (Å²) in [4.78, 5) is 21.0. The van der Waals surface area contributed by atoms with Crippen LogP contribution < -0.4 is 10.6 Å². The number of amides is 2. The molecule has 9 nitrogen and oxygen atoms in total. The Morgan fingerprint density at radius 3 is 3.00 bits per heavy atom. The summed E-state index contributed by atoms with van der Waals surface area (Å²) in [7, 11) is 0. The smallest absolute Gasteiger partial charge is 0.320 e. The van der Waals surface area contributed by atoms with Crippen molar-refractivity contribution in [2.24, 2.45) is 5.92 Å². The average molecular weight is 394 g/mol. The Labute approximate surface area is 166 Å².